The van der Waals surface area contributed by atoms with Crippen LogP contribution in [-0.2, 0) is 0 Å². The molecule has 5 nitrogen and oxygen atoms in total. The largest absolute Gasteiger partial charge is 0.463 e. The number of aromatic amines is 1. The molecule has 0 unspecified atom stereocenters. The number of nitrogens with one attached hydrogen (secondary N) is 1. The number of hydrogen-bond acceptors (Lipinski definition) is 4. The van der Waals surface area contributed by atoms with Crippen molar-refractivity contribution in [2.45, 2.75) is 0 Å². The highest BCUT2D eigenvalue weighted by atomic mass is 32.1. The molecule has 7 heteroatoms. The van der Waals surface area contributed by atoms with Gasteiger partial charge in [-0.2, -0.15) is 14.9 Å². The SMILES string of the molecule is Fc1cccc(-c2n[nH]c(=S)n2/N=C\c2ccco2)c1. The van der Waals surface area contributed by atoms with Crippen molar-refractivity contribution in [1.29, 1.82) is 0 Å². The van der Waals surface area contributed by atoms with Crippen LogP contribution in [0.1, 0.15) is 5.76 Å². The molecule has 0 bridgehead atoms. The highest BCUT2D eigenvalue weighted by molar-refractivity contribution is 7.71. The lowest BCUT2D eigenvalue weighted by atomic mass is 10.2. The molecule has 1 N–H and O–H groups in total. The van der Waals surface area contributed by atoms with Crippen LogP contribution in [0.3, 0.4) is 0 Å². The Morgan fingerprint density at radius 3 is 3.00 bits per heavy atom. The highest BCUT2D eigenvalue weighted by Crippen LogP contribution is 2.18. The average Bonchev–Trinajstić information content (AvgIpc) is 3.06. The minimum atomic E-state index is -0.349. The maximum Gasteiger partial charge on any atom is 0.216 e. The third-order valence-electron chi connectivity index (χ3n) is 2.58. The lowest BCUT2D eigenvalue weighted by Gasteiger charge is -2.00. The van der Waals surface area contributed by atoms with Gasteiger partial charge in [0, 0.05) is 5.56 Å². The number of benzene rings is 1. The standard InChI is InChI=1S/C13H9FN4OS/c14-10-4-1-3-9(7-10)12-16-17-13(20)18(12)15-8-11-5-2-6-19-11/h1-8H,(H,17,20)/b15-8-. The first-order valence-electron chi connectivity index (χ1n) is 5.75. The van der Waals surface area contributed by atoms with Crippen molar-refractivity contribution in [3.05, 3.63) is 59.0 Å². The van der Waals surface area contributed by atoms with Crippen molar-refractivity contribution in [3.63, 3.8) is 0 Å². The van der Waals surface area contributed by atoms with Gasteiger partial charge in [0.15, 0.2) is 5.82 Å². The topological polar surface area (TPSA) is 59.1 Å². The van der Waals surface area contributed by atoms with Crippen LogP contribution in [0.15, 0.2) is 52.2 Å². The van der Waals surface area contributed by atoms with Crippen LogP contribution in [-0.4, -0.2) is 21.1 Å². The van der Waals surface area contributed by atoms with Gasteiger partial charge < -0.3 is 4.42 Å². The summed E-state index contributed by atoms with van der Waals surface area (Å²) in [5.74, 6) is 0.661. The van der Waals surface area contributed by atoms with Gasteiger partial charge in [0.2, 0.25) is 4.77 Å². The van der Waals surface area contributed by atoms with E-state index in [9.17, 15) is 4.39 Å². The fraction of sp³-hybridized carbons (Fsp3) is 0. The first-order chi connectivity index (χ1) is 9.74. The third-order valence-corrected chi connectivity index (χ3v) is 2.84. The minimum absolute atomic E-state index is 0.312. The summed E-state index contributed by atoms with van der Waals surface area (Å²) in [4.78, 5) is 0. The highest BCUT2D eigenvalue weighted by Gasteiger charge is 2.08. The summed E-state index contributed by atoms with van der Waals surface area (Å²) in [6.07, 6.45) is 3.05. The number of rotatable bonds is 3. The first kappa shape index (κ1) is 12.5. The third kappa shape index (κ3) is 2.43. The van der Waals surface area contributed by atoms with Crippen LogP contribution in [0.5, 0.6) is 0 Å². The zero-order valence-corrected chi connectivity index (χ0v) is 11.0. The molecule has 0 radical (unpaired) electrons. The number of H-pyrrole nitrogens is 1. The van der Waals surface area contributed by atoms with Crippen molar-refractivity contribution in [3.8, 4) is 11.4 Å². The second-order valence-corrected chi connectivity index (χ2v) is 4.32. The van der Waals surface area contributed by atoms with Crippen molar-refractivity contribution >= 4 is 18.4 Å². The van der Waals surface area contributed by atoms with Crippen LogP contribution in [0.25, 0.3) is 11.4 Å². The molecule has 1 aromatic carbocycles. The number of furan rings is 1. The fourth-order valence-electron chi connectivity index (χ4n) is 1.69. The van der Waals surface area contributed by atoms with E-state index < -0.39 is 0 Å². The van der Waals surface area contributed by atoms with Gasteiger partial charge in [-0.05, 0) is 36.5 Å². The predicted octanol–water partition coefficient (Wildman–Crippen LogP) is 3.22. The Bertz CT molecular complexity index is 804. The molecule has 0 saturated heterocycles. The molecule has 0 spiro atoms. The Kier molecular flexibility index (Phi) is 3.26. The molecule has 0 aliphatic heterocycles. The van der Waals surface area contributed by atoms with Crippen molar-refractivity contribution in [1.82, 2.24) is 14.9 Å². The number of halogens is 1. The quantitative estimate of drug-likeness (QED) is 0.594. The summed E-state index contributed by atoms with van der Waals surface area (Å²) in [5, 5.41) is 10.9. The molecule has 0 aliphatic carbocycles. The number of aromatic nitrogens is 3. The van der Waals surface area contributed by atoms with Gasteiger partial charge in [-0.1, -0.05) is 12.1 Å². The summed E-state index contributed by atoms with van der Waals surface area (Å²) in [5.41, 5.74) is 0.578. The average molecular weight is 288 g/mol. The Morgan fingerprint density at radius 1 is 1.35 bits per heavy atom. The predicted molar refractivity (Wildman–Crippen MR) is 74.5 cm³/mol. The molecule has 3 aromatic rings. The molecule has 2 heterocycles. The first-order valence-corrected chi connectivity index (χ1v) is 6.16. The van der Waals surface area contributed by atoms with E-state index >= 15 is 0 Å². The van der Waals surface area contributed by atoms with Crippen LogP contribution in [0, 0.1) is 10.6 Å². The molecule has 0 saturated carbocycles. The molecule has 100 valence electrons. The Hall–Kier alpha value is -2.54. The van der Waals surface area contributed by atoms with Gasteiger partial charge in [-0.25, -0.2) is 9.49 Å². The molecule has 0 fully saturated rings. The van der Waals surface area contributed by atoms with E-state index in [4.69, 9.17) is 16.6 Å². The Balaban J connectivity index is 2.04. The van der Waals surface area contributed by atoms with E-state index in [1.54, 1.807) is 30.5 Å². The zero-order chi connectivity index (χ0) is 13.9. The van der Waals surface area contributed by atoms with Crippen molar-refractivity contribution < 1.29 is 8.81 Å². The van der Waals surface area contributed by atoms with Gasteiger partial charge in [0.25, 0.3) is 0 Å². The number of nitrogens with zero attached hydrogens (tertiary/aromatic N) is 3. The van der Waals surface area contributed by atoms with Gasteiger partial charge in [-0.3, -0.25) is 0 Å². The molecule has 3 rings (SSSR count). The lowest BCUT2D eigenvalue weighted by molar-refractivity contribution is 0.559. The van der Waals surface area contributed by atoms with Crippen LogP contribution in [0.2, 0.25) is 0 Å². The van der Waals surface area contributed by atoms with Crippen molar-refractivity contribution in [2.24, 2.45) is 5.10 Å². The maximum absolute atomic E-state index is 13.3. The zero-order valence-electron chi connectivity index (χ0n) is 10.2. The van der Waals surface area contributed by atoms with Gasteiger partial charge in [0.1, 0.15) is 11.6 Å². The van der Waals surface area contributed by atoms with Crippen LogP contribution >= 0.6 is 12.2 Å². The van der Waals surface area contributed by atoms with Gasteiger partial charge >= 0.3 is 0 Å². The lowest BCUT2D eigenvalue weighted by Crippen LogP contribution is -1.95. The number of hydrogen-bond donors (Lipinski definition) is 1. The molecular weight excluding hydrogens is 279 g/mol. The molecule has 0 amide bonds. The minimum Gasteiger partial charge on any atom is -0.463 e. The molecule has 0 aliphatic rings. The summed E-state index contributed by atoms with van der Waals surface area (Å²) in [6.45, 7) is 0. The summed E-state index contributed by atoms with van der Waals surface area (Å²) in [6, 6.07) is 9.57. The van der Waals surface area contributed by atoms with E-state index in [0.29, 0.717) is 21.9 Å². The molecule has 0 atom stereocenters. The summed E-state index contributed by atoms with van der Waals surface area (Å²) < 4.78 is 20.1. The van der Waals surface area contributed by atoms with Gasteiger partial charge in [0.05, 0.1) is 12.5 Å². The van der Waals surface area contributed by atoms with Crippen LogP contribution in [0.4, 0.5) is 4.39 Å². The van der Waals surface area contributed by atoms with E-state index in [-0.39, 0.29) is 5.82 Å². The molecule has 2 aromatic heterocycles. The van der Waals surface area contributed by atoms with Gasteiger partial charge in [-0.15, -0.1) is 0 Å². The second kappa shape index (κ2) is 5.22. The normalized spacial score (nSPS) is 11.2. The van der Waals surface area contributed by atoms with Crippen LogP contribution < -0.4 is 0 Å². The Morgan fingerprint density at radius 2 is 2.25 bits per heavy atom. The maximum atomic E-state index is 13.3. The van der Waals surface area contributed by atoms with E-state index in [1.165, 1.54) is 23.0 Å². The second-order valence-electron chi connectivity index (χ2n) is 3.93. The Labute approximate surface area is 118 Å². The summed E-state index contributed by atoms with van der Waals surface area (Å²) >= 11 is 5.11. The van der Waals surface area contributed by atoms with E-state index in [2.05, 4.69) is 15.3 Å². The van der Waals surface area contributed by atoms with E-state index in [1.807, 2.05) is 0 Å². The molecule has 20 heavy (non-hydrogen) atoms. The van der Waals surface area contributed by atoms with E-state index in [0.717, 1.165) is 0 Å². The smallest absolute Gasteiger partial charge is 0.216 e. The fourth-order valence-corrected chi connectivity index (χ4v) is 1.87. The monoisotopic (exact) mass is 288 g/mol. The molecular formula is C13H9FN4OS. The summed E-state index contributed by atoms with van der Waals surface area (Å²) in [7, 11) is 0. The van der Waals surface area contributed by atoms with Crippen molar-refractivity contribution in [2.75, 3.05) is 0 Å².